The first kappa shape index (κ1) is 25.9. The molecule has 1 rings (SSSR count). The fraction of sp³-hybridized carbons (Fsp3) is 0.737. The molecule has 0 aliphatic carbocycles. The van der Waals surface area contributed by atoms with Crippen molar-refractivity contribution >= 4 is 17.8 Å². The van der Waals surface area contributed by atoms with Crippen LogP contribution in [0.1, 0.15) is 40.0 Å². The standard InChI is InChI=1S/C19H28F3NO7/c1-5-6-7-8-9-27-17-15(23-18(26)19(20,21)22)11(2)16(29-13(4)25)14(30-17)10-28-12(3)24/h5,11,14-17H,1,6-10H2,2-4H3,(H,23,26)/t11-,14?,15?,16-,17-/m1/s1. The van der Waals surface area contributed by atoms with Crippen molar-refractivity contribution in [2.75, 3.05) is 13.2 Å². The Labute approximate surface area is 173 Å². The minimum atomic E-state index is -5.11. The third kappa shape index (κ3) is 8.31. The average Bonchev–Trinajstić information content (AvgIpc) is 2.63. The molecular formula is C19H28F3NO7. The Morgan fingerprint density at radius 3 is 2.37 bits per heavy atom. The lowest BCUT2D eigenvalue weighted by Gasteiger charge is -2.44. The third-order valence-electron chi connectivity index (χ3n) is 4.45. The van der Waals surface area contributed by atoms with Gasteiger partial charge >= 0.3 is 24.0 Å². The van der Waals surface area contributed by atoms with Crippen molar-refractivity contribution in [2.45, 2.75) is 70.7 Å². The summed E-state index contributed by atoms with van der Waals surface area (Å²) in [5, 5.41) is 1.87. The molecule has 1 saturated heterocycles. The number of carbonyl (C=O) groups is 3. The summed E-state index contributed by atoms with van der Waals surface area (Å²) < 4.78 is 59.8. The van der Waals surface area contributed by atoms with Crippen LogP contribution in [-0.4, -0.2) is 61.8 Å². The number of carbonyl (C=O) groups excluding carboxylic acids is 3. The maximum atomic E-state index is 12.8. The zero-order valence-corrected chi connectivity index (χ0v) is 17.2. The summed E-state index contributed by atoms with van der Waals surface area (Å²) in [6, 6.07) is -1.25. The molecule has 1 N–H and O–H groups in total. The molecule has 0 aromatic rings. The van der Waals surface area contributed by atoms with Crippen LogP contribution in [0.5, 0.6) is 0 Å². The number of hydrogen-bond donors (Lipinski definition) is 1. The van der Waals surface area contributed by atoms with Crippen molar-refractivity contribution in [3.8, 4) is 0 Å². The van der Waals surface area contributed by atoms with Crippen LogP contribution in [0, 0.1) is 5.92 Å². The lowest BCUT2D eigenvalue weighted by molar-refractivity contribution is -0.264. The number of allylic oxidation sites excluding steroid dienone is 1. The molecule has 5 atom stereocenters. The van der Waals surface area contributed by atoms with E-state index < -0.39 is 54.5 Å². The smallest absolute Gasteiger partial charge is 0.463 e. The molecule has 0 spiro atoms. The van der Waals surface area contributed by atoms with Crippen LogP contribution in [0.4, 0.5) is 13.2 Å². The highest BCUT2D eigenvalue weighted by Gasteiger charge is 2.50. The minimum absolute atomic E-state index is 0.155. The molecule has 1 fully saturated rings. The highest BCUT2D eigenvalue weighted by atomic mass is 19.4. The van der Waals surface area contributed by atoms with E-state index in [1.54, 1.807) is 6.08 Å². The number of ether oxygens (including phenoxy) is 4. The van der Waals surface area contributed by atoms with E-state index in [9.17, 15) is 27.6 Å². The molecule has 1 aliphatic heterocycles. The normalized spacial score (nSPS) is 26.5. The SMILES string of the molecule is C=CCCCCO[C@@H]1OC(COC(C)=O)[C@H](OC(C)=O)[C@H](C)C1NC(=O)C(F)(F)F. The Kier molecular flexibility index (Phi) is 10.3. The fourth-order valence-corrected chi connectivity index (χ4v) is 3.00. The molecule has 0 aromatic heterocycles. The van der Waals surface area contributed by atoms with Crippen molar-refractivity contribution in [1.29, 1.82) is 0 Å². The third-order valence-corrected chi connectivity index (χ3v) is 4.45. The van der Waals surface area contributed by atoms with Gasteiger partial charge in [-0.05, 0) is 19.3 Å². The first-order chi connectivity index (χ1) is 14.0. The maximum absolute atomic E-state index is 12.8. The van der Waals surface area contributed by atoms with E-state index in [-0.39, 0.29) is 13.2 Å². The number of rotatable bonds is 10. The van der Waals surface area contributed by atoms with Gasteiger partial charge in [-0.2, -0.15) is 13.2 Å². The van der Waals surface area contributed by atoms with Gasteiger partial charge in [0.05, 0.1) is 6.04 Å². The molecule has 0 aromatic carbocycles. The van der Waals surface area contributed by atoms with Crippen molar-refractivity contribution in [1.82, 2.24) is 5.32 Å². The summed E-state index contributed by atoms with van der Waals surface area (Å²) >= 11 is 0. The first-order valence-corrected chi connectivity index (χ1v) is 9.53. The summed E-state index contributed by atoms with van der Waals surface area (Å²) in [5.74, 6) is -4.30. The number of halogens is 3. The van der Waals surface area contributed by atoms with Gasteiger partial charge in [0, 0.05) is 26.4 Å². The lowest BCUT2D eigenvalue weighted by Crippen LogP contribution is -2.63. The Morgan fingerprint density at radius 2 is 1.83 bits per heavy atom. The molecule has 8 nitrogen and oxygen atoms in total. The Balaban J connectivity index is 3.03. The van der Waals surface area contributed by atoms with Gasteiger partial charge in [-0.3, -0.25) is 14.4 Å². The van der Waals surface area contributed by atoms with E-state index in [2.05, 4.69) is 6.58 Å². The largest absolute Gasteiger partial charge is 0.471 e. The van der Waals surface area contributed by atoms with Crippen molar-refractivity contribution in [3.05, 3.63) is 12.7 Å². The van der Waals surface area contributed by atoms with Gasteiger partial charge < -0.3 is 24.3 Å². The molecule has 0 bridgehead atoms. The van der Waals surface area contributed by atoms with Crippen LogP contribution in [0.15, 0.2) is 12.7 Å². The fourth-order valence-electron chi connectivity index (χ4n) is 3.00. The lowest BCUT2D eigenvalue weighted by atomic mass is 9.88. The predicted molar refractivity (Wildman–Crippen MR) is 98.0 cm³/mol. The molecular weight excluding hydrogens is 411 g/mol. The maximum Gasteiger partial charge on any atom is 0.471 e. The second-order valence-corrected chi connectivity index (χ2v) is 6.93. The Morgan fingerprint density at radius 1 is 1.17 bits per heavy atom. The highest BCUT2D eigenvalue weighted by molar-refractivity contribution is 5.82. The number of esters is 2. The number of nitrogens with one attached hydrogen (secondary N) is 1. The molecule has 1 amide bonds. The van der Waals surface area contributed by atoms with Crippen LogP contribution >= 0.6 is 0 Å². The molecule has 0 radical (unpaired) electrons. The summed E-state index contributed by atoms with van der Waals surface area (Å²) in [7, 11) is 0. The summed E-state index contributed by atoms with van der Waals surface area (Å²) in [5.41, 5.74) is 0. The molecule has 30 heavy (non-hydrogen) atoms. The van der Waals surface area contributed by atoms with Crippen LogP contribution in [-0.2, 0) is 33.3 Å². The van der Waals surface area contributed by atoms with Crippen LogP contribution in [0.25, 0.3) is 0 Å². The number of unbranched alkanes of at least 4 members (excludes halogenated alkanes) is 2. The second-order valence-electron chi connectivity index (χ2n) is 6.93. The number of alkyl halides is 3. The van der Waals surface area contributed by atoms with E-state index in [0.717, 1.165) is 19.8 Å². The predicted octanol–water partition coefficient (Wildman–Crippen LogP) is 2.26. The van der Waals surface area contributed by atoms with Gasteiger partial charge in [-0.1, -0.05) is 13.0 Å². The van der Waals surface area contributed by atoms with Crippen molar-refractivity contribution in [2.24, 2.45) is 5.92 Å². The Bertz CT molecular complexity index is 611. The van der Waals surface area contributed by atoms with Gasteiger partial charge in [-0.15, -0.1) is 6.58 Å². The topological polar surface area (TPSA) is 100 Å². The van der Waals surface area contributed by atoms with Crippen LogP contribution in [0.3, 0.4) is 0 Å². The van der Waals surface area contributed by atoms with Crippen LogP contribution in [0.2, 0.25) is 0 Å². The van der Waals surface area contributed by atoms with Gasteiger partial charge in [0.25, 0.3) is 0 Å². The minimum Gasteiger partial charge on any atom is -0.463 e. The van der Waals surface area contributed by atoms with Gasteiger partial charge in [0.1, 0.15) is 18.8 Å². The number of amides is 1. The zero-order valence-electron chi connectivity index (χ0n) is 17.2. The summed E-state index contributed by atoms with van der Waals surface area (Å²) in [6.07, 6.45) is -4.62. The highest BCUT2D eigenvalue weighted by Crippen LogP contribution is 2.30. The first-order valence-electron chi connectivity index (χ1n) is 9.53. The van der Waals surface area contributed by atoms with E-state index in [1.807, 2.05) is 5.32 Å². The van der Waals surface area contributed by atoms with E-state index in [4.69, 9.17) is 18.9 Å². The van der Waals surface area contributed by atoms with Gasteiger partial charge in [0.2, 0.25) is 0 Å². The molecule has 2 unspecified atom stereocenters. The zero-order chi connectivity index (χ0) is 22.9. The van der Waals surface area contributed by atoms with E-state index in [0.29, 0.717) is 6.42 Å². The van der Waals surface area contributed by atoms with Gasteiger partial charge in [0.15, 0.2) is 6.29 Å². The molecule has 0 saturated carbocycles. The molecule has 1 heterocycles. The summed E-state index contributed by atoms with van der Waals surface area (Å²) in [6.45, 7) is 7.25. The Hall–Kier alpha value is -2.14. The van der Waals surface area contributed by atoms with Crippen molar-refractivity contribution < 1.29 is 46.5 Å². The van der Waals surface area contributed by atoms with Crippen molar-refractivity contribution in [3.63, 3.8) is 0 Å². The molecule has 11 heteroatoms. The van der Waals surface area contributed by atoms with E-state index in [1.165, 1.54) is 13.8 Å². The monoisotopic (exact) mass is 439 g/mol. The average molecular weight is 439 g/mol. The second kappa shape index (κ2) is 11.9. The van der Waals surface area contributed by atoms with Crippen LogP contribution < -0.4 is 5.32 Å². The quantitative estimate of drug-likeness (QED) is 0.317. The molecule has 172 valence electrons. The van der Waals surface area contributed by atoms with E-state index >= 15 is 0 Å². The molecule has 1 aliphatic rings. The van der Waals surface area contributed by atoms with Gasteiger partial charge in [-0.25, -0.2) is 0 Å². The summed E-state index contributed by atoms with van der Waals surface area (Å²) in [4.78, 5) is 34.2. The number of hydrogen-bond acceptors (Lipinski definition) is 7.